The molecule has 0 aromatic heterocycles. The molecule has 1 atom stereocenters. The van der Waals surface area contributed by atoms with Crippen LogP contribution in [0.4, 0.5) is 4.79 Å². The quantitative estimate of drug-likeness (QED) is 0.554. The van der Waals surface area contributed by atoms with Crippen LogP contribution in [-0.4, -0.2) is 34.8 Å². The molecule has 31 heavy (non-hydrogen) atoms. The van der Waals surface area contributed by atoms with E-state index in [0.29, 0.717) is 0 Å². The molecule has 0 radical (unpaired) electrons. The predicted octanol–water partition coefficient (Wildman–Crippen LogP) is 4.06. The van der Waals surface area contributed by atoms with Gasteiger partial charge in [-0.05, 0) is 61.4 Å². The minimum Gasteiger partial charge on any atom is -0.481 e. The van der Waals surface area contributed by atoms with Crippen LogP contribution in [0, 0.1) is 0 Å². The number of hydrogen-bond donors (Lipinski definition) is 2. The zero-order chi connectivity index (χ0) is 22.6. The van der Waals surface area contributed by atoms with E-state index in [1.54, 1.807) is 20.8 Å². The second-order valence-electron chi connectivity index (χ2n) is 8.52. The highest BCUT2D eigenvalue weighted by Crippen LogP contribution is 2.39. The molecule has 1 aliphatic carbocycles. The number of rotatable bonds is 7. The molecule has 0 bridgehead atoms. The maximum Gasteiger partial charge on any atom is 0.408 e. The number of hydrogen-bond acceptors (Lipinski definition) is 5. The number of carbonyl (C=O) groups is 3. The summed E-state index contributed by atoms with van der Waals surface area (Å²) in [5.41, 5.74) is 4.70. The topological polar surface area (TPSA) is 102 Å². The Morgan fingerprint density at radius 2 is 1.77 bits per heavy atom. The third-order valence-corrected chi connectivity index (χ3v) is 4.90. The molecule has 3 rings (SSSR count). The Labute approximate surface area is 181 Å². The maximum absolute atomic E-state index is 12.7. The SMILES string of the molecule is CC(C)(C)OC(=O)N[C@@H](CCC(=O)O)C(=O)OCc1cccc2c1-c1ccccc1C2. The third-order valence-electron chi connectivity index (χ3n) is 4.90. The molecule has 0 unspecified atom stereocenters. The Bertz CT molecular complexity index is 992. The van der Waals surface area contributed by atoms with E-state index in [-0.39, 0.29) is 19.4 Å². The van der Waals surface area contributed by atoms with Crippen molar-refractivity contribution in [2.75, 3.05) is 0 Å². The lowest BCUT2D eigenvalue weighted by Gasteiger charge is -2.23. The van der Waals surface area contributed by atoms with Gasteiger partial charge in [-0.1, -0.05) is 42.5 Å². The van der Waals surface area contributed by atoms with Crippen LogP contribution < -0.4 is 5.32 Å². The number of fused-ring (bicyclic) bond motifs is 3. The number of amides is 1. The zero-order valence-corrected chi connectivity index (χ0v) is 17.9. The molecule has 1 amide bonds. The number of aliphatic carboxylic acids is 1. The van der Waals surface area contributed by atoms with Gasteiger partial charge in [0.15, 0.2) is 0 Å². The van der Waals surface area contributed by atoms with Crippen molar-refractivity contribution in [1.82, 2.24) is 5.32 Å². The van der Waals surface area contributed by atoms with Gasteiger partial charge in [-0.25, -0.2) is 9.59 Å². The summed E-state index contributed by atoms with van der Waals surface area (Å²) in [5.74, 6) is -1.77. The van der Waals surface area contributed by atoms with E-state index in [0.717, 1.165) is 23.1 Å². The van der Waals surface area contributed by atoms with Gasteiger partial charge in [0.25, 0.3) is 0 Å². The summed E-state index contributed by atoms with van der Waals surface area (Å²) in [7, 11) is 0. The average molecular weight is 425 g/mol. The number of carboxylic acids is 1. The van der Waals surface area contributed by atoms with Gasteiger partial charge in [0.1, 0.15) is 18.2 Å². The first-order valence-electron chi connectivity index (χ1n) is 10.2. The van der Waals surface area contributed by atoms with Gasteiger partial charge in [0, 0.05) is 6.42 Å². The summed E-state index contributed by atoms with van der Waals surface area (Å²) in [6.45, 7) is 5.12. The third kappa shape index (κ3) is 5.84. The number of carboxylic acid groups (broad SMARTS) is 1. The fourth-order valence-electron chi connectivity index (χ4n) is 3.61. The second-order valence-corrected chi connectivity index (χ2v) is 8.52. The first-order valence-corrected chi connectivity index (χ1v) is 10.2. The molecule has 2 aromatic carbocycles. The van der Waals surface area contributed by atoms with Gasteiger partial charge in [-0.3, -0.25) is 4.79 Å². The zero-order valence-electron chi connectivity index (χ0n) is 17.9. The molecule has 1 aliphatic rings. The molecule has 0 aliphatic heterocycles. The van der Waals surface area contributed by atoms with Gasteiger partial charge in [-0.2, -0.15) is 0 Å². The van der Waals surface area contributed by atoms with Crippen LogP contribution in [0.3, 0.4) is 0 Å². The standard InChI is InChI=1S/C24H27NO6/c1-24(2,3)31-23(29)25-19(11-12-20(26)27)22(28)30-14-17-9-6-8-16-13-15-7-4-5-10-18(15)21(16)17/h4-10,19H,11-14H2,1-3H3,(H,25,29)(H,26,27)/t19-/m0/s1. The number of ether oxygens (including phenoxy) is 2. The van der Waals surface area contributed by atoms with E-state index < -0.39 is 29.7 Å². The highest BCUT2D eigenvalue weighted by Gasteiger charge is 2.27. The minimum absolute atomic E-state index is 0.0237. The van der Waals surface area contributed by atoms with Crippen molar-refractivity contribution in [3.05, 3.63) is 59.2 Å². The van der Waals surface area contributed by atoms with Gasteiger partial charge < -0.3 is 19.9 Å². The smallest absolute Gasteiger partial charge is 0.408 e. The van der Waals surface area contributed by atoms with Crippen molar-refractivity contribution in [2.24, 2.45) is 0 Å². The van der Waals surface area contributed by atoms with Crippen molar-refractivity contribution in [1.29, 1.82) is 0 Å². The first kappa shape index (κ1) is 22.3. The van der Waals surface area contributed by atoms with Gasteiger partial charge >= 0.3 is 18.0 Å². The fourth-order valence-corrected chi connectivity index (χ4v) is 3.61. The van der Waals surface area contributed by atoms with Crippen molar-refractivity contribution in [3.8, 4) is 11.1 Å². The van der Waals surface area contributed by atoms with Crippen molar-refractivity contribution >= 4 is 18.0 Å². The largest absolute Gasteiger partial charge is 0.481 e. The molecule has 7 heteroatoms. The van der Waals surface area contributed by atoms with Crippen LogP contribution in [0.1, 0.15) is 50.3 Å². The molecule has 0 heterocycles. The van der Waals surface area contributed by atoms with Crippen LogP contribution in [0.2, 0.25) is 0 Å². The fraction of sp³-hybridized carbons (Fsp3) is 0.375. The maximum atomic E-state index is 12.7. The molecule has 7 nitrogen and oxygen atoms in total. The summed E-state index contributed by atoms with van der Waals surface area (Å²) in [4.78, 5) is 35.8. The molecule has 2 aromatic rings. The average Bonchev–Trinajstić information content (AvgIpc) is 3.07. The van der Waals surface area contributed by atoms with Crippen molar-refractivity contribution in [2.45, 2.75) is 58.3 Å². The van der Waals surface area contributed by atoms with E-state index in [2.05, 4.69) is 17.4 Å². The molecule has 0 saturated carbocycles. The Morgan fingerprint density at radius 1 is 1.06 bits per heavy atom. The monoisotopic (exact) mass is 425 g/mol. The van der Waals surface area contributed by atoms with Crippen LogP contribution in [-0.2, 0) is 32.1 Å². The second kappa shape index (κ2) is 9.20. The summed E-state index contributed by atoms with van der Waals surface area (Å²) >= 11 is 0. The first-order chi connectivity index (χ1) is 14.6. The van der Waals surface area contributed by atoms with E-state index in [1.165, 1.54) is 11.1 Å². The Hall–Kier alpha value is -3.35. The Balaban J connectivity index is 1.71. The highest BCUT2D eigenvalue weighted by atomic mass is 16.6. The summed E-state index contributed by atoms with van der Waals surface area (Å²) in [5, 5.41) is 11.4. The molecular formula is C24H27NO6. The summed E-state index contributed by atoms with van der Waals surface area (Å²) in [6.07, 6.45) is -0.351. The molecule has 0 spiro atoms. The minimum atomic E-state index is -1.12. The van der Waals surface area contributed by atoms with Crippen molar-refractivity contribution < 1.29 is 29.0 Å². The molecule has 0 saturated heterocycles. The molecule has 0 fully saturated rings. The molecule has 2 N–H and O–H groups in total. The van der Waals surface area contributed by atoms with E-state index >= 15 is 0 Å². The predicted molar refractivity (Wildman–Crippen MR) is 115 cm³/mol. The molecular weight excluding hydrogens is 398 g/mol. The van der Waals surface area contributed by atoms with Crippen LogP contribution in [0.15, 0.2) is 42.5 Å². The number of nitrogens with one attached hydrogen (secondary N) is 1. The Kier molecular flexibility index (Phi) is 6.63. The lowest BCUT2D eigenvalue weighted by Crippen LogP contribution is -2.44. The van der Waals surface area contributed by atoms with Gasteiger partial charge in [0.2, 0.25) is 0 Å². The van der Waals surface area contributed by atoms with E-state index in [4.69, 9.17) is 14.6 Å². The lowest BCUT2D eigenvalue weighted by molar-refractivity contribution is -0.148. The van der Waals surface area contributed by atoms with E-state index in [9.17, 15) is 14.4 Å². The number of esters is 1. The summed E-state index contributed by atoms with van der Waals surface area (Å²) < 4.78 is 10.7. The molecule has 164 valence electrons. The number of benzene rings is 2. The Morgan fingerprint density at radius 3 is 2.48 bits per heavy atom. The van der Waals surface area contributed by atoms with Gasteiger partial charge in [0.05, 0.1) is 0 Å². The normalized spacial score (nSPS) is 13.0. The summed E-state index contributed by atoms with van der Waals surface area (Å²) in [6, 6.07) is 12.9. The van der Waals surface area contributed by atoms with E-state index in [1.807, 2.05) is 30.3 Å². The van der Waals surface area contributed by atoms with Crippen LogP contribution in [0.25, 0.3) is 11.1 Å². The van der Waals surface area contributed by atoms with Crippen LogP contribution in [0.5, 0.6) is 0 Å². The van der Waals surface area contributed by atoms with Crippen LogP contribution >= 0.6 is 0 Å². The number of carbonyl (C=O) groups excluding carboxylic acids is 2. The van der Waals surface area contributed by atoms with Crippen molar-refractivity contribution in [3.63, 3.8) is 0 Å². The lowest BCUT2D eigenvalue weighted by atomic mass is 10.00. The highest BCUT2D eigenvalue weighted by molar-refractivity contribution is 5.83. The van der Waals surface area contributed by atoms with Gasteiger partial charge in [-0.15, -0.1) is 0 Å². The number of alkyl carbamates (subject to hydrolysis) is 1.